The van der Waals surface area contributed by atoms with Crippen molar-refractivity contribution in [3.63, 3.8) is 0 Å². The minimum Gasteiger partial charge on any atom is -0.508 e. The summed E-state index contributed by atoms with van der Waals surface area (Å²) < 4.78 is 16.0. The molecule has 2 aromatic rings. The SMILES string of the molecule is O=C(OC1C(O)C(CO)OC(OCCc2ccc(O)cc2)C1O)c1cc(O)c(O)c(O)c1. The topological polar surface area (TPSA) is 186 Å². The number of carbonyl (C=O) groups is 1. The number of carbonyl (C=O) groups excluding carboxylic acids is 1. The molecule has 3 rings (SSSR count). The molecule has 11 heteroatoms. The molecule has 1 fully saturated rings. The van der Waals surface area contributed by atoms with Gasteiger partial charge in [0.1, 0.15) is 24.1 Å². The van der Waals surface area contributed by atoms with Gasteiger partial charge in [-0.1, -0.05) is 12.1 Å². The van der Waals surface area contributed by atoms with Gasteiger partial charge in [0.2, 0.25) is 0 Å². The van der Waals surface area contributed by atoms with Gasteiger partial charge in [-0.15, -0.1) is 0 Å². The van der Waals surface area contributed by atoms with Crippen LogP contribution in [0.4, 0.5) is 0 Å². The largest absolute Gasteiger partial charge is 0.508 e. The van der Waals surface area contributed by atoms with Crippen LogP contribution in [0.1, 0.15) is 15.9 Å². The predicted octanol–water partition coefficient (Wildman–Crippen LogP) is -0.267. The molecular formula is C21H24O11. The molecule has 11 nitrogen and oxygen atoms in total. The number of benzene rings is 2. The van der Waals surface area contributed by atoms with Crippen LogP contribution in [0.2, 0.25) is 0 Å². The summed E-state index contributed by atoms with van der Waals surface area (Å²) in [7, 11) is 0. The number of aliphatic hydroxyl groups is 3. The standard InChI is InChI=1S/C21H24O11/c22-9-15-17(27)19(32-20(29)11-7-13(24)16(26)14(25)8-11)18(28)21(31-15)30-6-5-10-1-3-12(23)4-2-10/h1-4,7-8,15,17-19,21-28H,5-6,9H2. The first-order valence-corrected chi connectivity index (χ1v) is 9.69. The van der Waals surface area contributed by atoms with Crippen molar-refractivity contribution in [3.05, 3.63) is 47.5 Å². The van der Waals surface area contributed by atoms with Crippen molar-refractivity contribution in [2.45, 2.75) is 37.1 Å². The molecule has 0 aliphatic carbocycles. The zero-order valence-corrected chi connectivity index (χ0v) is 16.7. The van der Waals surface area contributed by atoms with E-state index in [0.717, 1.165) is 17.7 Å². The normalized spacial score (nSPS) is 25.4. The molecule has 174 valence electrons. The van der Waals surface area contributed by atoms with E-state index < -0.39 is 60.5 Å². The first-order valence-electron chi connectivity index (χ1n) is 9.69. The van der Waals surface area contributed by atoms with Crippen molar-refractivity contribution in [1.29, 1.82) is 0 Å². The second-order valence-electron chi connectivity index (χ2n) is 7.23. The highest BCUT2D eigenvalue weighted by Crippen LogP contribution is 2.36. The molecule has 2 aromatic carbocycles. The number of ether oxygens (including phenoxy) is 3. The zero-order valence-electron chi connectivity index (χ0n) is 16.7. The Morgan fingerprint density at radius 1 is 0.969 bits per heavy atom. The second kappa shape index (κ2) is 10.0. The Bertz CT molecular complexity index is 907. The molecule has 0 aromatic heterocycles. The minimum atomic E-state index is -1.63. The van der Waals surface area contributed by atoms with Crippen LogP contribution in [0.5, 0.6) is 23.0 Å². The Labute approximate surface area is 182 Å². The van der Waals surface area contributed by atoms with E-state index in [1.807, 2.05) is 0 Å². The van der Waals surface area contributed by atoms with Gasteiger partial charge >= 0.3 is 5.97 Å². The number of esters is 1. The highest BCUT2D eigenvalue weighted by molar-refractivity contribution is 5.91. The lowest BCUT2D eigenvalue weighted by Crippen LogP contribution is -2.60. The lowest BCUT2D eigenvalue weighted by atomic mass is 9.99. The van der Waals surface area contributed by atoms with Crippen molar-refractivity contribution in [1.82, 2.24) is 0 Å². The molecule has 1 aliphatic rings. The third-order valence-corrected chi connectivity index (χ3v) is 4.98. The highest BCUT2D eigenvalue weighted by Gasteiger charge is 2.47. The van der Waals surface area contributed by atoms with Crippen molar-refractivity contribution in [3.8, 4) is 23.0 Å². The number of phenols is 4. The molecule has 5 atom stereocenters. The van der Waals surface area contributed by atoms with E-state index in [0.29, 0.717) is 6.42 Å². The molecular weight excluding hydrogens is 428 g/mol. The molecule has 0 amide bonds. The maximum absolute atomic E-state index is 12.4. The quantitative estimate of drug-likeness (QED) is 0.217. The first-order chi connectivity index (χ1) is 15.2. The lowest BCUT2D eigenvalue weighted by Gasteiger charge is -2.41. The predicted molar refractivity (Wildman–Crippen MR) is 106 cm³/mol. The first kappa shape index (κ1) is 23.6. The summed E-state index contributed by atoms with van der Waals surface area (Å²) in [4.78, 5) is 12.4. The molecule has 0 radical (unpaired) electrons. The van der Waals surface area contributed by atoms with Crippen LogP contribution in [0.3, 0.4) is 0 Å². The van der Waals surface area contributed by atoms with Crippen LogP contribution in [-0.2, 0) is 20.6 Å². The molecule has 0 bridgehead atoms. The van der Waals surface area contributed by atoms with Gasteiger partial charge in [-0.2, -0.15) is 0 Å². The number of phenolic OH excluding ortho intramolecular Hbond substituents is 4. The van der Waals surface area contributed by atoms with E-state index >= 15 is 0 Å². The number of rotatable bonds is 7. The second-order valence-corrected chi connectivity index (χ2v) is 7.23. The highest BCUT2D eigenvalue weighted by atomic mass is 16.7. The smallest absolute Gasteiger partial charge is 0.338 e. The third-order valence-electron chi connectivity index (χ3n) is 4.98. The summed E-state index contributed by atoms with van der Waals surface area (Å²) in [5, 5.41) is 68.2. The zero-order chi connectivity index (χ0) is 23.4. The maximum Gasteiger partial charge on any atom is 0.338 e. The number of hydrogen-bond acceptors (Lipinski definition) is 11. The van der Waals surface area contributed by atoms with Crippen molar-refractivity contribution >= 4 is 5.97 Å². The van der Waals surface area contributed by atoms with Crippen LogP contribution in [0.15, 0.2) is 36.4 Å². The number of aliphatic hydroxyl groups excluding tert-OH is 3. The van der Waals surface area contributed by atoms with E-state index in [-0.39, 0.29) is 17.9 Å². The summed E-state index contributed by atoms with van der Waals surface area (Å²) >= 11 is 0. The Kier molecular flexibility index (Phi) is 7.38. The molecule has 5 unspecified atom stereocenters. The van der Waals surface area contributed by atoms with Crippen LogP contribution < -0.4 is 0 Å². The molecule has 0 saturated carbocycles. The van der Waals surface area contributed by atoms with E-state index in [4.69, 9.17) is 14.2 Å². The van der Waals surface area contributed by atoms with Gasteiger partial charge in [0.05, 0.1) is 18.8 Å². The number of aromatic hydroxyl groups is 4. The monoisotopic (exact) mass is 452 g/mol. The van der Waals surface area contributed by atoms with Gasteiger partial charge in [0.25, 0.3) is 0 Å². The van der Waals surface area contributed by atoms with Gasteiger partial charge in [0.15, 0.2) is 29.6 Å². The Morgan fingerprint density at radius 3 is 2.19 bits per heavy atom. The molecule has 32 heavy (non-hydrogen) atoms. The molecule has 1 aliphatic heterocycles. The van der Waals surface area contributed by atoms with Crippen molar-refractivity contribution in [2.75, 3.05) is 13.2 Å². The summed E-state index contributed by atoms with van der Waals surface area (Å²) in [6.07, 6.45) is -6.96. The van der Waals surface area contributed by atoms with Gasteiger partial charge < -0.3 is 50.0 Å². The number of hydrogen-bond donors (Lipinski definition) is 7. The summed E-state index contributed by atoms with van der Waals surface area (Å²) in [6.45, 7) is -0.582. The van der Waals surface area contributed by atoms with E-state index in [9.17, 15) is 40.5 Å². The van der Waals surface area contributed by atoms with Gasteiger partial charge in [-0.05, 0) is 36.2 Å². The van der Waals surface area contributed by atoms with Crippen LogP contribution in [-0.4, -0.2) is 85.6 Å². The van der Waals surface area contributed by atoms with Gasteiger partial charge in [0, 0.05) is 0 Å². The fraction of sp³-hybridized carbons (Fsp3) is 0.381. The van der Waals surface area contributed by atoms with Crippen molar-refractivity contribution in [2.24, 2.45) is 0 Å². The molecule has 0 spiro atoms. The molecule has 7 N–H and O–H groups in total. The molecule has 1 saturated heterocycles. The summed E-state index contributed by atoms with van der Waals surface area (Å²) in [5.41, 5.74) is 0.482. The molecule has 1 heterocycles. The van der Waals surface area contributed by atoms with Crippen LogP contribution >= 0.6 is 0 Å². The van der Waals surface area contributed by atoms with Crippen LogP contribution in [0, 0.1) is 0 Å². The van der Waals surface area contributed by atoms with Gasteiger partial charge in [-0.3, -0.25) is 0 Å². The van der Waals surface area contributed by atoms with Crippen molar-refractivity contribution < 1.29 is 54.8 Å². The maximum atomic E-state index is 12.4. The van der Waals surface area contributed by atoms with E-state index in [1.54, 1.807) is 12.1 Å². The Morgan fingerprint density at radius 2 is 1.59 bits per heavy atom. The average molecular weight is 452 g/mol. The fourth-order valence-electron chi connectivity index (χ4n) is 3.20. The third kappa shape index (κ3) is 5.21. The average Bonchev–Trinajstić information content (AvgIpc) is 2.77. The van der Waals surface area contributed by atoms with Gasteiger partial charge in [-0.25, -0.2) is 4.79 Å². The van der Waals surface area contributed by atoms with E-state index in [2.05, 4.69) is 0 Å². The summed E-state index contributed by atoms with van der Waals surface area (Å²) in [6, 6.07) is 8.06. The minimum absolute atomic E-state index is 0.0706. The fourth-order valence-corrected chi connectivity index (χ4v) is 3.20. The lowest BCUT2D eigenvalue weighted by molar-refractivity contribution is -0.300. The Balaban J connectivity index is 1.68. The van der Waals surface area contributed by atoms with Crippen LogP contribution in [0.25, 0.3) is 0 Å². The van der Waals surface area contributed by atoms with E-state index in [1.165, 1.54) is 12.1 Å². The Hall–Kier alpha value is -3.09. The summed E-state index contributed by atoms with van der Waals surface area (Å²) in [5.74, 6) is -3.38.